The molecule has 1 unspecified atom stereocenters. The third kappa shape index (κ3) is 1.98. The van der Waals surface area contributed by atoms with Crippen LogP contribution in [0.4, 0.5) is 5.95 Å². The Kier molecular flexibility index (Phi) is 3.34. The lowest BCUT2D eigenvalue weighted by atomic mass is 9.99. The number of H-pyrrole nitrogens is 1. The van der Waals surface area contributed by atoms with Gasteiger partial charge in [-0.25, -0.2) is 0 Å². The Morgan fingerprint density at radius 2 is 2.18 bits per heavy atom. The molecule has 0 aromatic carbocycles. The highest BCUT2D eigenvalue weighted by Gasteiger charge is 2.52. The summed E-state index contributed by atoms with van der Waals surface area (Å²) in [4.78, 5) is 29.5. The number of aromatic nitrogens is 3. The van der Waals surface area contributed by atoms with Gasteiger partial charge < -0.3 is 25.8 Å². The van der Waals surface area contributed by atoms with Gasteiger partial charge in [-0.1, -0.05) is 11.3 Å². The van der Waals surface area contributed by atoms with Crippen molar-refractivity contribution in [2.75, 3.05) is 12.3 Å². The van der Waals surface area contributed by atoms with Gasteiger partial charge in [-0.15, -0.1) is 0 Å². The van der Waals surface area contributed by atoms with Crippen LogP contribution in [0.3, 0.4) is 0 Å². The van der Waals surface area contributed by atoms with Crippen LogP contribution in [-0.4, -0.2) is 54.3 Å². The van der Waals surface area contributed by atoms with Gasteiger partial charge in [0.2, 0.25) is 5.95 Å². The molecule has 0 spiro atoms. The van der Waals surface area contributed by atoms with E-state index in [0.29, 0.717) is 11.3 Å². The minimum Gasteiger partial charge on any atom is -0.393 e. The Hall–Kier alpha value is -1.79. The van der Waals surface area contributed by atoms with Crippen molar-refractivity contribution in [3.8, 4) is 0 Å². The van der Waals surface area contributed by atoms with E-state index in [2.05, 4.69) is 9.97 Å². The second-order valence-electron chi connectivity index (χ2n) is 5.26. The number of nitrogen functional groups attached to an aromatic ring is 1. The summed E-state index contributed by atoms with van der Waals surface area (Å²) in [5.41, 5.74) is 3.40. The Bertz CT molecular complexity index is 843. The van der Waals surface area contributed by atoms with Crippen molar-refractivity contribution >= 4 is 27.6 Å². The highest BCUT2D eigenvalue weighted by Crippen LogP contribution is 2.37. The number of nitrogens with one attached hydrogen (secondary N) is 1. The van der Waals surface area contributed by atoms with E-state index in [4.69, 9.17) is 10.5 Å². The molecule has 1 aliphatic heterocycles. The lowest BCUT2D eigenvalue weighted by Gasteiger charge is -2.24. The van der Waals surface area contributed by atoms with Crippen molar-refractivity contribution in [2.45, 2.75) is 31.0 Å². The number of rotatable bonds is 2. The standard InChI is InChI=1S/C11H14N4O6S/c1-11(2-16)5(18)3(17)8(21-11)15-6-4(22-10(15)20)7(19)14-9(12)13-6/h3,5,8,16-18H,2H2,1H3,(H3,12,13,14,19)/t3-,5+,8?,11-/m1/s1. The molecule has 1 saturated heterocycles. The van der Waals surface area contributed by atoms with Gasteiger partial charge in [0, 0.05) is 0 Å². The molecule has 11 heteroatoms. The molecule has 2 aromatic rings. The van der Waals surface area contributed by atoms with E-state index < -0.39 is 41.1 Å². The van der Waals surface area contributed by atoms with Crippen LogP contribution >= 0.6 is 11.3 Å². The monoisotopic (exact) mass is 330 g/mol. The number of hydrogen-bond donors (Lipinski definition) is 5. The van der Waals surface area contributed by atoms with E-state index in [1.807, 2.05) is 0 Å². The summed E-state index contributed by atoms with van der Waals surface area (Å²) >= 11 is 0.622. The average Bonchev–Trinajstić information content (AvgIpc) is 2.89. The van der Waals surface area contributed by atoms with Crippen LogP contribution in [0.1, 0.15) is 13.2 Å². The van der Waals surface area contributed by atoms with Gasteiger partial charge >= 0.3 is 4.87 Å². The van der Waals surface area contributed by atoms with Gasteiger partial charge in [-0.3, -0.25) is 19.1 Å². The molecule has 1 aliphatic rings. The summed E-state index contributed by atoms with van der Waals surface area (Å²) in [6.07, 6.45) is -4.18. The predicted octanol–water partition coefficient (Wildman–Crippen LogP) is -2.27. The van der Waals surface area contributed by atoms with Gasteiger partial charge in [-0.05, 0) is 6.92 Å². The smallest absolute Gasteiger partial charge is 0.311 e. The van der Waals surface area contributed by atoms with E-state index >= 15 is 0 Å². The van der Waals surface area contributed by atoms with Crippen LogP contribution < -0.4 is 16.2 Å². The highest BCUT2D eigenvalue weighted by atomic mass is 32.1. The Morgan fingerprint density at radius 3 is 2.77 bits per heavy atom. The van der Waals surface area contributed by atoms with Gasteiger partial charge in [0.25, 0.3) is 5.56 Å². The summed E-state index contributed by atoms with van der Waals surface area (Å²) in [6, 6.07) is 0. The highest BCUT2D eigenvalue weighted by molar-refractivity contribution is 7.16. The number of aliphatic hydroxyl groups is 3. The fraction of sp³-hybridized carbons (Fsp3) is 0.545. The van der Waals surface area contributed by atoms with Crippen LogP contribution in [-0.2, 0) is 4.74 Å². The van der Waals surface area contributed by atoms with Crippen LogP contribution in [0, 0.1) is 0 Å². The van der Waals surface area contributed by atoms with Crippen LogP contribution in [0.15, 0.2) is 9.59 Å². The molecule has 0 aliphatic carbocycles. The van der Waals surface area contributed by atoms with Gasteiger partial charge in [0.05, 0.1) is 6.61 Å². The van der Waals surface area contributed by atoms with Crippen molar-refractivity contribution in [2.24, 2.45) is 0 Å². The topological polar surface area (TPSA) is 164 Å². The number of nitrogens with zero attached hydrogens (tertiary/aromatic N) is 2. The first-order valence-electron chi connectivity index (χ1n) is 6.34. The fourth-order valence-corrected chi connectivity index (χ4v) is 3.28. The number of hydrogen-bond acceptors (Lipinski definition) is 9. The third-order valence-electron chi connectivity index (χ3n) is 3.69. The van der Waals surface area contributed by atoms with Crippen molar-refractivity contribution in [1.82, 2.24) is 14.5 Å². The summed E-state index contributed by atoms with van der Waals surface area (Å²) in [6.45, 7) is 0.837. The van der Waals surface area contributed by atoms with E-state index in [1.54, 1.807) is 0 Å². The molecular formula is C11H14N4O6S. The van der Waals surface area contributed by atoms with Gasteiger partial charge in [0.15, 0.2) is 11.9 Å². The zero-order chi connectivity index (χ0) is 16.2. The summed E-state index contributed by atoms with van der Waals surface area (Å²) in [5, 5.41) is 29.5. The van der Waals surface area contributed by atoms with E-state index in [9.17, 15) is 24.9 Å². The second kappa shape index (κ2) is 4.86. The molecule has 10 nitrogen and oxygen atoms in total. The largest absolute Gasteiger partial charge is 0.393 e. The van der Waals surface area contributed by atoms with Crippen molar-refractivity contribution < 1.29 is 20.1 Å². The number of aliphatic hydroxyl groups excluding tert-OH is 3. The molecule has 0 radical (unpaired) electrons. The Balaban J connectivity index is 2.21. The Labute approximate surface area is 126 Å². The molecule has 6 N–H and O–H groups in total. The SMILES string of the molecule is C[C@]1(CO)OC(n2c(=O)sc3c(=O)[nH]c(N)nc32)[C@H](O)[C@@H]1O. The normalized spacial score (nSPS) is 31.9. The lowest BCUT2D eigenvalue weighted by molar-refractivity contribution is -0.116. The number of anilines is 1. The maximum absolute atomic E-state index is 12.2. The first-order chi connectivity index (χ1) is 10.3. The van der Waals surface area contributed by atoms with Crippen molar-refractivity contribution in [3.05, 3.63) is 20.0 Å². The Morgan fingerprint density at radius 1 is 1.50 bits per heavy atom. The summed E-state index contributed by atoms with van der Waals surface area (Å²) in [7, 11) is 0. The van der Waals surface area contributed by atoms with Crippen molar-refractivity contribution in [3.63, 3.8) is 0 Å². The lowest BCUT2D eigenvalue weighted by Crippen LogP contribution is -2.43. The number of aromatic amines is 1. The third-order valence-corrected chi connectivity index (χ3v) is 4.63. The van der Waals surface area contributed by atoms with Crippen LogP contribution in [0.2, 0.25) is 0 Å². The van der Waals surface area contributed by atoms with Crippen molar-refractivity contribution in [1.29, 1.82) is 0 Å². The molecule has 0 amide bonds. The zero-order valence-corrected chi connectivity index (χ0v) is 12.2. The molecule has 1 fully saturated rings. The van der Waals surface area contributed by atoms with Gasteiger partial charge in [0.1, 0.15) is 22.5 Å². The molecule has 4 atom stereocenters. The molecule has 120 valence electrons. The predicted molar refractivity (Wildman–Crippen MR) is 76.5 cm³/mol. The number of ether oxygens (including phenoxy) is 1. The molecule has 3 rings (SSSR count). The van der Waals surface area contributed by atoms with E-state index in [0.717, 1.165) is 4.57 Å². The maximum Gasteiger partial charge on any atom is 0.311 e. The number of thiazole rings is 1. The number of nitrogens with two attached hydrogens (primary N) is 1. The van der Waals surface area contributed by atoms with Gasteiger partial charge in [-0.2, -0.15) is 4.98 Å². The van der Waals surface area contributed by atoms with Crippen LogP contribution in [0.5, 0.6) is 0 Å². The van der Waals surface area contributed by atoms with E-state index in [-0.39, 0.29) is 16.3 Å². The molecule has 3 heterocycles. The first kappa shape index (κ1) is 15.1. The quantitative estimate of drug-likeness (QED) is 0.411. The maximum atomic E-state index is 12.2. The molecule has 22 heavy (non-hydrogen) atoms. The minimum absolute atomic E-state index is 0.0297. The minimum atomic E-state index is -1.48. The summed E-state index contributed by atoms with van der Waals surface area (Å²) in [5.74, 6) is -0.193. The average molecular weight is 330 g/mol. The molecule has 0 saturated carbocycles. The number of fused-ring (bicyclic) bond motifs is 1. The summed E-state index contributed by atoms with van der Waals surface area (Å²) < 4.78 is 6.45. The molecule has 0 bridgehead atoms. The fourth-order valence-electron chi connectivity index (χ4n) is 2.44. The van der Waals surface area contributed by atoms with Crippen LogP contribution in [0.25, 0.3) is 10.3 Å². The molecule has 2 aromatic heterocycles. The second-order valence-corrected chi connectivity index (χ2v) is 6.22. The van der Waals surface area contributed by atoms with E-state index in [1.165, 1.54) is 6.92 Å². The first-order valence-corrected chi connectivity index (χ1v) is 7.16. The molecular weight excluding hydrogens is 316 g/mol. The zero-order valence-electron chi connectivity index (χ0n) is 11.4.